The van der Waals surface area contributed by atoms with Crippen molar-refractivity contribution in [3.8, 4) is 11.5 Å². The minimum Gasteiger partial charge on any atom is -0.383 e. The molecule has 14 heteroatoms. The van der Waals surface area contributed by atoms with E-state index in [-0.39, 0.29) is 29.9 Å². The van der Waals surface area contributed by atoms with Gasteiger partial charge in [0.25, 0.3) is 0 Å². The number of nitrogens with zero attached hydrogens (tertiary/aromatic N) is 8. The van der Waals surface area contributed by atoms with Gasteiger partial charge in [0.2, 0.25) is 5.91 Å². The van der Waals surface area contributed by atoms with Gasteiger partial charge in [0.1, 0.15) is 33.6 Å². The fraction of sp³-hybridized carbons (Fsp3) is 0.241. The van der Waals surface area contributed by atoms with Gasteiger partial charge in [-0.25, -0.2) is 19.3 Å². The highest BCUT2D eigenvalue weighted by Gasteiger charge is 2.50. The molecule has 2 aromatic carbocycles. The number of anilines is 2. The maximum atomic E-state index is 14.5. The van der Waals surface area contributed by atoms with E-state index < -0.39 is 10.8 Å². The summed E-state index contributed by atoms with van der Waals surface area (Å²) in [6.07, 6.45) is 0.543. The monoisotopic (exact) mass is 595 g/mol. The van der Waals surface area contributed by atoms with Gasteiger partial charge in [-0.3, -0.25) is 9.48 Å². The van der Waals surface area contributed by atoms with Crippen molar-refractivity contribution in [1.82, 2.24) is 45.4 Å². The predicted molar refractivity (Wildman–Crippen MR) is 159 cm³/mol. The van der Waals surface area contributed by atoms with Crippen LogP contribution in [0.5, 0.6) is 0 Å². The third-order valence-corrected chi connectivity index (χ3v) is 8.94. The lowest BCUT2D eigenvalue weighted by molar-refractivity contribution is -0.119. The van der Waals surface area contributed by atoms with Crippen molar-refractivity contribution >= 4 is 39.8 Å². The molecule has 0 radical (unpaired) electrons. The number of nitrogens with two attached hydrogens (primary N) is 1. The Morgan fingerprint density at radius 1 is 1.09 bits per heavy atom. The fourth-order valence-corrected chi connectivity index (χ4v) is 6.50. The lowest BCUT2D eigenvalue weighted by Crippen LogP contribution is -2.33. The molecule has 6 aromatic rings. The minimum atomic E-state index is -1.19. The van der Waals surface area contributed by atoms with Crippen LogP contribution in [0.3, 0.4) is 0 Å². The molecule has 12 nitrogen and oxygen atoms in total. The summed E-state index contributed by atoms with van der Waals surface area (Å²) in [6, 6.07) is 14.2. The molecule has 7 rings (SSSR count). The van der Waals surface area contributed by atoms with Crippen molar-refractivity contribution in [2.45, 2.75) is 44.6 Å². The van der Waals surface area contributed by atoms with Crippen molar-refractivity contribution in [2.75, 3.05) is 11.1 Å². The summed E-state index contributed by atoms with van der Waals surface area (Å²) >= 11 is 1.37. The van der Waals surface area contributed by atoms with Crippen molar-refractivity contribution in [3.05, 3.63) is 87.4 Å². The van der Waals surface area contributed by atoms with E-state index in [1.54, 1.807) is 29.8 Å². The zero-order valence-corrected chi connectivity index (χ0v) is 24.3. The summed E-state index contributed by atoms with van der Waals surface area (Å²) in [4.78, 5) is 27.7. The molecule has 43 heavy (non-hydrogen) atoms. The second-order valence-corrected chi connectivity index (χ2v) is 12.1. The Morgan fingerprint density at radius 2 is 1.88 bits per heavy atom. The Kier molecular flexibility index (Phi) is 6.06. The summed E-state index contributed by atoms with van der Waals surface area (Å²) in [5.41, 5.74) is 7.98. The van der Waals surface area contributed by atoms with E-state index in [2.05, 4.69) is 30.9 Å². The highest BCUT2D eigenvalue weighted by atomic mass is 32.1. The number of aromatic amines is 1. The molecular weight excluding hydrogens is 569 g/mol. The SMILES string of the molecule is CC(C)(Cc1csc([C@]2(C)C(=O)Nc3nc(-c4nn(Cc5ccccc5F)c5ccccc45)nc(N)c32)n1)c1nn[nH]n1. The van der Waals surface area contributed by atoms with E-state index in [4.69, 9.17) is 20.8 Å². The third kappa shape index (κ3) is 4.33. The molecule has 216 valence electrons. The molecule has 1 aliphatic rings. The Hall–Kier alpha value is -5.11. The number of aromatic nitrogens is 9. The van der Waals surface area contributed by atoms with Crippen LogP contribution in [-0.4, -0.2) is 51.3 Å². The molecule has 0 spiro atoms. The molecule has 5 heterocycles. The Balaban J connectivity index is 1.26. The molecule has 1 atom stereocenters. The number of para-hydroxylation sites is 1. The molecule has 0 aliphatic carbocycles. The molecular formula is C29H26FN11OS. The number of benzene rings is 2. The zero-order chi connectivity index (χ0) is 29.9. The van der Waals surface area contributed by atoms with Crippen molar-refractivity contribution in [2.24, 2.45) is 0 Å². The van der Waals surface area contributed by atoms with Gasteiger partial charge < -0.3 is 11.1 Å². The number of thiazole rings is 1. The lowest BCUT2D eigenvalue weighted by Gasteiger charge is -2.21. The molecule has 0 saturated carbocycles. The van der Waals surface area contributed by atoms with Gasteiger partial charge in [0.05, 0.1) is 23.3 Å². The highest BCUT2D eigenvalue weighted by Crippen LogP contribution is 2.46. The molecule has 0 bridgehead atoms. The number of carbonyl (C=O) groups excluding carboxylic acids is 1. The van der Waals surface area contributed by atoms with E-state index in [9.17, 15) is 9.18 Å². The Labute approximate surface area is 248 Å². The normalized spacial score (nSPS) is 16.5. The zero-order valence-electron chi connectivity index (χ0n) is 23.5. The van der Waals surface area contributed by atoms with Crippen LogP contribution in [0.4, 0.5) is 16.0 Å². The van der Waals surface area contributed by atoms with Crippen LogP contribution in [0.15, 0.2) is 53.9 Å². The predicted octanol–water partition coefficient (Wildman–Crippen LogP) is 4.01. The van der Waals surface area contributed by atoms with Crippen LogP contribution in [0, 0.1) is 5.82 Å². The highest BCUT2D eigenvalue weighted by molar-refractivity contribution is 7.10. The summed E-state index contributed by atoms with van der Waals surface area (Å²) in [7, 11) is 0. The average Bonchev–Trinajstić information content (AvgIpc) is 3.78. The lowest BCUT2D eigenvalue weighted by atomic mass is 9.84. The van der Waals surface area contributed by atoms with Crippen LogP contribution in [0.2, 0.25) is 0 Å². The van der Waals surface area contributed by atoms with Crippen LogP contribution in [0.1, 0.15) is 48.4 Å². The van der Waals surface area contributed by atoms with E-state index in [1.165, 1.54) is 17.4 Å². The van der Waals surface area contributed by atoms with E-state index >= 15 is 0 Å². The number of hydrogen-bond donors (Lipinski definition) is 3. The number of amides is 1. The first-order chi connectivity index (χ1) is 20.6. The topological polar surface area (TPSA) is 166 Å². The number of tetrazole rings is 1. The van der Waals surface area contributed by atoms with Crippen molar-refractivity contribution in [1.29, 1.82) is 0 Å². The number of H-pyrrole nitrogens is 1. The quantitative estimate of drug-likeness (QED) is 0.247. The molecule has 0 saturated heterocycles. The molecule has 0 unspecified atom stereocenters. The van der Waals surface area contributed by atoms with Gasteiger partial charge in [-0.05, 0) is 19.1 Å². The summed E-state index contributed by atoms with van der Waals surface area (Å²) in [5, 5.41) is 25.3. The second kappa shape index (κ2) is 9.73. The third-order valence-electron chi connectivity index (χ3n) is 7.82. The molecule has 0 fully saturated rings. The summed E-state index contributed by atoms with van der Waals surface area (Å²) in [5.74, 6) is 0.683. The van der Waals surface area contributed by atoms with Gasteiger partial charge in [0, 0.05) is 28.2 Å². The Bertz CT molecular complexity index is 2020. The number of carbonyl (C=O) groups is 1. The van der Waals surface area contributed by atoms with Gasteiger partial charge >= 0.3 is 0 Å². The number of fused-ring (bicyclic) bond motifs is 2. The number of hydrogen-bond acceptors (Lipinski definition) is 10. The second-order valence-electron chi connectivity index (χ2n) is 11.3. The van der Waals surface area contributed by atoms with Gasteiger partial charge in [0.15, 0.2) is 11.6 Å². The van der Waals surface area contributed by atoms with E-state index in [1.807, 2.05) is 43.5 Å². The van der Waals surface area contributed by atoms with Crippen LogP contribution in [-0.2, 0) is 28.6 Å². The van der Waals surface area contributed by atoms with Crippen LogP contribution >= 0.6 is 11.3 Å². The first kappa shape index (κ1) is 26.8. The Morgan fingerprint density at radius 3 is 2.67 bits per heavy atom. The molecule has 4 aromatic heterocycles. The molecule has 1 amide bonds. The number of rotatable bonds is 7. The minimum absolute atomic E-state index is 0.150. The average molecular weight is 596 g/mol. The number of halogens is 1. The van der Waals surface area contributed by atoms with E-state index in [0.29, 0.717) is 39.9 Å². The number of nitrogen functional groups attached to an aromatic ring is 1. The fourth-order valence-electron chi connectivity index (χ4n) is 5.52. The van der Waals surface area contributed by atoms with Gasteiger partial charge in [-0.1, -0.05) is 55.5 Å². The van der Waals surface area contributed by atoms with Crippen LogP contribution < -0.4 is 11.1 Å². The number of nitrogens with one attached hydrogen (secondary N) is 2. The smallest absolute Gasteiger partial charge is 0.243 e. The molecule has 1 aliphatic heterocycles. The van der Waals surface area contributed by atoms with Gasteiger partial charge in [-0.15, -0.1) is 21.5 Å². The van der Waals surface area contributed by atoms with Crippen molar-refractivity contribution < 1.29 is 9.18 Å². The molecule has 4 N–H and O–H groups in total. The first-order valence-corrected chi connectivity index (χ1v) is 14.4. The largest absolute Gasteiger partial charge is 0.383 e. The van der Waals surface area contributed by atoms with E-state index in [0.717, 1.165) is 16.6 Å². The maximum absolute atomic E-state index is 14.5. The first-order valence-electron chi connectivity index (χ1n) is 13.5. The van der Waals surface area contributed by atoms with Crippen LogP contribution in [0.25, 0.3) is 22.4 Å². The summed E-state index contributed by atoms with van der Waals surface area (Å²) in [6.45, 7) is 6.01. The van der Waals surface area contributed by atoms with Gasteiger partial charge in [-0.2, -0.15) is 10.3 Å². The van der Waals surface area contributed by atoms with Crippen molar-refractivity contribution in [3.63, 3.8) is 0 Å². The standard InChI is InChI=1S/C29H26FN11OS/c1-28(2,25-36-39-40-37-25)12-16-14-43-27(32-16)29(3)20-22(31)33-24(34-23(20)35-26(29)42)21-17-9-5-7-11-19(17)41(38-21)13-15-8-4-6-10-18(15)30/h4-11,14H,12-13H2,1-3H3,(H,36,37,39,40)(H3,31,33,34,35,42)/t29-/m0/s1. The summed E-state index contributed by atoms with van der Waals surface area (Å²) < 4.78 is 16.2. The maximum Gasteiger partial charge on any atom is 0.243 e.